The third-order valence-electron chi connectivity index (χ3n) is 5.42. The number of fused-ring (bicyclic) bond motifs is 2. The van der Waals surface area contributed by atoms with E-state index >= 15 is 0 Å². The molecule has 0 unspecified atom stereocenters. The van der Waals surface area contributed by atoms with E-state index in [4.69, 9.17) is 9.47 Å². The molecule has 4 aromatic rings. The molecule has 1 aliphatic carbocycles. The van der Waals surface area contributed by atoms with Crippen LogP contribution in [0.4, 0.5) is 0 Å². The molecule has 0 saturated heterocycles. The van der Waals surface area contributed by atoms with Crippen LogP contribution in [0, 0.1) is 0 Å². The molecule has 0 N–H and O–H groups in total. The topological polar surface area (TPSA) is 86.7 Å². The Morgan fingerprint density at radius 1 is 0.471 bits per heavy atom. The number of benzene rings is 4. The Balaban J connectivity index is 1.57. The van der Waals surface area contributed by atoms with E-state index in [0.717, 1.165) is 0 Å². The van der Waals surface area contributed by atoms with Crippen molar-refractivity contribution in [3.63, 3.8) is 0 Å². The van der Waals surface area contributed by atoms with Crippen molar-refractivity contribution in [2.24, 2.45) is 0 Å². The lowest BCUT2D eigenvalue weighted by Crippen LogP contribution is -2.28. The minimum Gasteiger partial charge on any atom is -0.423 e. The molecule has 0 radical (unpaired) electrons. The number of carbonyl (C=O) groups is 4. The molecule has 0 aliphatic heterocycles. The van der Waals surface area contributed by atoms with Gasteiger partial charge in [-0.15, -0.1) is 0 Å². The smallest absolute Gasteiger partial charge is 0.344 e. The molecule has 6 nitrogen and oxygen atoms in total. The highest BCUT2D eigenvalue weighted by Crippen LogP contribution is 2.32. The van der Waals surface area contributed by atoms with E-state index in [1.165, 1.54) is 36.4 Å². The van der Waals surface area contributed by atoms with Crippen LogP contribution in [0.3, 0.4) is 0 Å². The van der Waals surface area contributed by atoms with Gasteiger partial charge in [0.05, 0.1) is 11.1 Å². The molecule has 4 aromatic carbocycles. The van der Waals surface area contributed by atoms with Crippen molar-refractivity contribution in [1.82, 2.24) is 0 Å². The van der Waals surface area contributed by atoms with Gasteiger partial charge < -0.3 is 9.47 Å². The molecule has 34 heavy (non-hydrogen) atoms. The highest BCUT2D eigenvalue weighted by Gasteiger charge is 2.36. The van der Waals surface area contributed by atoms with Crippen LogP contribution in [0.25, 0.3) is 0 Å². The maximum atomic E-state index is 13.6. The number of ether oxygens (including phenoxy) is 2. The van der Waals surface area contributed by atoms with Crippen molar-refractivity contribution in [2.75, 3.05) is 0 Å². The molecule has 0 bridgehead atoms. The number of hydrogen-bond acceptors (Lipinski definition) is 6. The number of carbonyl (C=O) groups excluding carboxylic acids is 4. The Kier molecular flexibility index (Phi) is 5.32. The quantitative estimate of drug-likeness (QED) is 0.287. The molecule has 0 heterocycles. The molecule has 1 aliphatic rings. The van der Waals surface area contributed by atoms with Gasteiger partial charge in [-0.25, -0.2) is 9.59 Å². The van der Waals surface area contributed by atoms with E-state index in [9.17, 15) is 19.2 Å². The van der Waals surface area contributed by atoms with Crippen molar-refractivity contribution in [3.05, 3.63) is 130 Å². The van der Waals surface area contributed by atoms with Gasteiger partial charge in [0.1, 0.15) is 11.5 Å². The summed E-state index contributed by atoms with van der Waals surface area (Å²) in [5.74, 6) is -2.05. The third-order valence-corrected chi connectivity index (χ3v) is 5.42. The molecule has 0 fully saturated rings. The lowest BCUT2D eigenvalue weighted by molar-refractivity contribution is 0.0725. The van der Waals surface area contributed by atoms with Crippen LogP contribution in [-0.2, 0) is 0 Å². The van der Waals surface area contributed by atoms with Crippen molar-refractivity contribution < 1.29 is 28.7 Å². The van der Waals surface area contributed by atoms with E-state index in [1.807, 2.05) is 0 Å². The van der Waals surface area contributed by atoms with Gasteiger partial charge in [0, 0.05) is 22.3 Å². The zero-order valence-corrected chi connectivity index (χ0v) is 17.7. The zero-order chi connectivity index (χ0) is 23.7. The molecule has 0 amide bonds. The Hall–Kier alpha value is -4.84. The monoisotopic (exact) mass is 448 g/mol. The largest absolute Gasteiger partial charge is 0.423 e. The lowest BCUT2D eigenvalue weighted by atomic mass is 9.80. The van der Waals surface area contributed by atoms with Crippen molar-refractivity contribution >= 4 is 23.5 Å². The molecule has 0 saturated carbocycles. The first-order valence-corrected chi connectivity index (χ1v) is 10.4. The number of para-hydroxylation sites is 2. The molecule has 0 aromatic heterocycles. The SMILES string of the molecule is O=C(Oc1ccccc1)c1cccc2c1C(=O)c1c(C(=O)Oc3ccccc3)cccc1C2=O. The van der Waals surface area contributed by atoms with Crippen molar-refractivity contribution in [3.8, 4) is 11.5 Å². The van der Waals surface area contributed by atoms with Gasteiger partial charge >= 0.3 is 11.9 Å². The Morgan fingerprint density at radius 3 is 1.29 bits per heavy atom. The minimum atomic E-state index is -0.781. The average Bonchev–Trinajstić information content (AvgIpc) is 2.87. The number of esters is 2. The van der Waals surface area contributed by atoms with Crippen LogP contribution in [0.1, 0.15) is 52.6 Å². The first-order chi connectivity index (χ1) is 16.5. The second kappa shape index (κ2) is 8.60. The molecule has 164 valence electrons. The van der Waals surface area contributed by atoms with Crippen LogP contribution in [0.2, 0.25) is 0 Å². The maximum Gasteiger partial charge on any atom is 0.344 e. The zero-order valence-electron chi connectivity index (χ0n) is 17.7. The molecule has 5 rings (SSSR count). The lowest BCUT2D eigenvalue weighted by Gasteiger charge is -2.21. The van der Waals surface area contributed by atoms with Crippen LogP contribution >= 0.6 is 0 Å². The van der Waals surface area contributed by atoms with Gasteiger partial charge in [-0.1, -0.05) is 60.7 Å². The number of ketones is 2. The van der Waals surface area contributed by atoms with E-state index in [1.54, 1.807) is 60.7 Å². The van der Waals surface area contributed by atoms with Crippen LogP contribution in [0.15, 0.2) is 97.1 Å². The Morgan fingerprint density at radius 2 is 0.882 bits per heavy atom. The summed E-state index contributed by atoms with van der Waals surface area (Å²) in [5.41, 5.74) is -0.155. The first kappa shape index (κ1) is 21.0. The molecule has 0 spiro atoms. The Labute approximate surface area is 194 Å². The highest BCUT2D eigenvalue weighted by molar-refractivity contribution is 6.32. The molecular formula is C28H16O6. The maximum absolute atomic E-state index is 13.6. The van der Waals surface area contributed by atoms with E-state index in [0.29, 0.717) is 11.5 Å². The summed E-state index contributed by atoms with van der Waals surface area (Å²) in [6, 6.07) is 25.6. The first-order valence-electron chi connectivity index (χ1n) is 10.4. The minimum absolute atomic E-state index is 0.0587. The fraction of sp³-hybridized carbons (Fsp3) is 0. The second-order valence-corrected chi connectivity index (χ2v) is 7.52. The summed E-state index contributed by atoms with van der Waals surface area (Å²) in [4.78, 5) is 52.8. The fourth-order valence-corrected chi connectivity index (χ4v) is 3.88. The van der Waals surface area contributed by atoms with Gasteiger partial charge in [-0.2, -0.15) is 0 Å². The van der Waals surface area contributed by atoms with Crippen molar-refractivity contribution in [2.45, 2.75) is 0 Å². The van der Waals surface area contributed by atoms with Crippen LogP contribution in [-0.4, -0.2) is 23.5 Å². The number of hydrogen-bond donors (Lipinski definition) is 0. The second-order valence-electron chi connectivity index (χ2n) is 7.52. The van der Waals surface area contributed by atoms with Crippen LogP contribution in [0.5, 0.6) is 11.5 Å². The van der Waals surface area contributed by atoms with Gasteiger partial charge in [0.2, 0.25) is 0 Å². The van der Waals surface area contributed by atoms with E-state index in [2.05, 4.69) is 0 Å². The van der Waals surface area contributed by atoms with Gasteiger partial charge in [-0.05, 0) is 36.4 Å². The molecular weight excluding hydrogens is 432 g/mol. The summed E-state index contributed by atoms with van der Waals surface area (Å²) in [7, 11) is 0. The highest BCUT2D eigenvalue weighted by atomic mass is 16.5. The third kappa shape index (κ3) is 3.67. The summed E-state index contributed by atoms with van der Waals surface area (Å²) in [6.07, 6.45) is 0. The molecule has 0 atom stereocenters. The Bertz CT molecular complexity index is 1350. The normalized spacial score (nSPS) is 11.9. The van der Waals surface area contributed by atoms with E-state index in [-0.39, 0.29) is 33.4 Å². The fourth-order valence-electron chi connectivity index (χ4n) is 3.88. The van der Waals surface area contributed by atoms with Gasteiger partial charge in [-0.3, -0.25) is 9.59 Å². The average molecular weight is 448 g/mol. The summed E-state index contributed by atoms with van der Waals surface area (Å²) in [5, 5.41) is 0. The van der Waals surface area contributed by atoms with Crippen molar-refractivity contribution in [1.29, 1.82) is 0 Å². The van der Waals surface area contributed by atoms with Crippen LogP contribution < -0.4 is 9.47 Å². The van der Waals surface area contributed by atoms with Gasteiger partial charge in [0.25, 0.3) is 0 Å². The van der Waals surface area contributed by atoms with E-state index < -0.39 is 23.5 Å². The number of rotatable bonds is 4. The summed E-state index contributed by atoms with van der Waals surface area (Å²) >= 11 is 0. The predicted molar refractivity (Wildman–Crippen MR) is 123 cm³/mol. The predicted octanol–water partition coefficient (Wildman–Crippen LogP) is 4.90. The molecule has 6 heteroatoms. The summed E-state index contributed by atoms with van der Waals surface area (Å²) < 4.78 is 10.8. The standard InChI is InChI=1S/C28H16O6/c29-25-19-13-7-15-21(27(31)33-17-9-3-1-4-10-17)23(19)26(30)24-20(25)14-8-16-22(24)28(32)34-18-11-5-2-6-12-18/h1-16H. The summed E-state index contributed by atoms with van der Waals surface area (Å²) in [6.45, 7) is 0. The van der Waals surface area contributed by atoms with Gasteiger partial charge in [0.15, 0.2) is 11.6 Å².